The van der Waals surface area contributed by atoms with Crippen LogP contribution in [0.5, 0.6) is 0 Å². The van der Waals surface area contributed by atoms with E-state index in [1.54, 1.807) is 13.8 Å². The van der Waals surface area contributed by atoms with Gasteiger partial charge >= 0.3 is 0 Å². The molecule has 0 rings (SSSR count). The molecule has 0 spiro atoms. The van der Waals surface area contributed by atoms with Gasteiger partial charge in [-0.3, -0.25) is 9.59 Å². The molecule has 0 heterocycles. The van der Waals surface area contributed by atoms with Crippen molar-refractivity contribution in [3.05, 3.63) is 0 Å². The van der Waals surface area contributed by atoms with Crippen LogP contribution in [0.25, 0.3) is 0 Å². The third kappa shape index (κ3) is 4.06. The van der Waals surface area contributed by atoms with Crippen LogP contribution in [-0.4, -0.2) is 17.7 Å². The van der Waals surface area contributed by atoms with Crippen molar-refractivity contribution >= 4 is 11.7 Å². The molecule has 13 heavy (non-hydrogen) atoms. The molecule has 0 bridgehead atoms. The molecular formula is C10H19NO2. The summed E-state index contributed by atoms with van der Waals surface area (Å²) in [6.07, 6.45) is 0.464. The highest BCUT2D eigenvalue weighted by Gasteiger charge is 2.24. The molecule has 0 radical (unpaired) electrons. The molecule has 0 aliphatic carbocycles. The van der Waals surface area contributed by atoms with E-state index in [2.05, 4.69) is 5.32 Å². The summed E-state index contributed by atoms with van der Waals surface area (Å²) in [5.41, 5.74) is -0.428. The smallest absolute Gasteiger partial charge is 0.225 e. The molecule has 0 saturated carbocycles. The molecule has 3 heteroatoms. The highest BCUT2D eigenvalue weighted by Crippen LogP contribution is 2.12. The lowest BCUT2D eigenvalue weighted by molar-refractivity contribution is -0.132. The fourth-order valence-electron chi connectivity index (χ4n) is 0.800. The minimum absolute atomic E-state index is 0.0672. The van der Waals surface area contributed by atoms with E-state index < -0.39 is 5.41 Å². The summed E-state index contributed by atoms with van der Waals surface area (Å²) in [5.74, 6) is -0.0144. The number of carbonyl (C=O) groups excluding carboxylic acids is 2. The number of carbonyl (C=O) groups is 2. The minimum Gasteiger partial charge on any atom is -0.346 e. The molecule has 0 fully saturated rings. The Bertz CT molecular complexity index is 203. The van der Waals surface area contributed by atoms with E-state index in [1.165, 1.54) is 0 Å². The normalized spacial score (nSPS) is 13.6. The lowest BCUT2D eigenvalue weighted by Gasteiger charge is -2.20. The van der Waals surface area contributed by atoms with Crippen LogP contribution in [0.2, 0.25) is 0 Å². The molecule has 0 aliphatic rings. The molecular weight excluding hydrogens is 166 g/mol. The summed E-state index contributed by atoms with van der Waals surface area (Å²) in [6.45, 7) is 8.99. The average molecular weight is 185 g/mol. The fourth-order valence-corrected chi connectivity index (χ4v) is 0.800. The van der Waals surface area contributed by atoms with Crippen molar-refractivity contribution in [2.45, 2.75) is 47.1 Å². The van der Waals surface area contributed by atoms with Crippen LogP contribution in [0.4, 0.5) is 0 Å². The maximum absolute atomic E-state index is 11.4. The largest absolute Gasteiger partial charge is 0.346 e. The van der Waals surface area contributed by atoms with Crippen LogP contribution in [0, 0.1) is 5.41 Å². The second kappa shape index (κ2) is 4.40. The third-order valence-electron chi connectivity index (χ3n) is 1.86. The quantitative estimate of drug-likeness (QED) is 0.724. The van der Waals surface area contributed by atoms with Gasteiger partial charge in [-0.15, -0.1) is 0 Å². The zero-order chi connectivity index (χ0) is 10.6. The van der Waals surface area contributed by atoms with Gasteiger partial charge in [0.2, 0.25) is 5.91 Å². The molecule has 1 amide bonds. The van der Waals surface area contributed by atoms with Gasteiger partial charge in [-0.1, -0.05) is 27.7 Å². The molecule has 3 nitrogen and oxygen atoms in total. The van der Waals surface area contributed by atoms with Crippen LogP contribution in [0.1, 0.15) is 41.0 Å². The Morgan fingerprint density at radius 2 is 1.77 bits per heavy atom. The van der Waals surface area contributed by atoms with Crippen LogP contribution >= 0.6 is 0 Å². The Morgan fingerprint density at radius 3 is 2.08 bits per heavy atom. The summed E-state index contributed by atoms with van der Waals surface area (Å²) >= 11 is 0. The summed E-state index contributed by atoms with van der Waals surface area (Å²) in [6, 6.07) is -0.364. The molecule has 1 atom stereocenters. The lowest BCUT2D eigenvalue weighted by Crippen LogP contribution is -2.43. The number of hydrogen-bond donors (Lipinski definition) is 1. The van der Waals surface area contributed by atoms with E-state index >= 15 is 0 Å². The first-order chi connectivity index (χ1) is 5.79. The number of hydrogen-bond acceptors (Lipinski definition) is 2. The Labute approximate surface area is 79.9 Å². The lowest BCUT2D eigenvalue weighted by atomic mass is 9.95. The highest BCUT2D eigenvalue weighted by atomic mass is 16.2. The van der Waals surface area contributed by atoms with Crippen molar-refractivity contribution in [3.63, 3.8) is 0 Å². The predicted molar refractivity (Wildman–Crippen MR) is 52.4 cm³/mol. The van der Waals surface area contributed by atoms with Gasteiger partial charge in [-0.05, 0) is 6.92 Å². The molecule has 0 saturated heterocycles. The number of ketones is 1. The van der Waals surface area contributed by atoms with Crippen LogP contribution in [0.15, 0.2) is 0 Å². The Kier molecular flexibility index (Phi) is 4.11. The zero-order valence-electron chi connectivity index (χ0n) is 9.10. The molecule has 0 aromatic heterocycles. The first-order valence-corrected chi connectivity index (χ1v) is 4.62. The van der Waals surface area contributed by atoms with Gasteiger partial charge < -0.3 is 5.32 Å². The molecule has 0 aliphatic heterocycles. The molecule has 0 aromatic rings. The fraction of sp³-hybridized carbons (Fsp3) is 0.800. The van der Waals surface area contributed by atoms with Crippen molar-refractivity contribution in [2.24, 2.45) is 5.41 Å². The van der Waals surface area contributed by atoms with Crippen molar-refractivity contribution in [3.8, 4) is 0 Å². The monoisotopic (exact) mass is 185 g/mol. The standard InChI is InChI=1S/C10H19NO2/c1-6-8(12)7(2)11-9(13)10(3,4)5/h7H,6H2,1-5H3,(H,11,13). The van der Waals surface area contributed by atoms with Crippen LogP contribution in [0.3, 0.4) is 0 Å². The molecule has 1 unspecified atom stereocenters. The van der Waals surface area contributed by atoms with Gasteiger partial charge in [-0.2, -0.15) is 0 Å². The number of amides is 1. The topological polar surface area (TPSA) is 46.2 Å². The van der Waals surface area contributed by atoms with Crippen molar-refractivity contribution in [2.75, 3.05) is 0 Å². The van der Waals surface area contributed by atoms with Crippen LogP contribution < -0.4 is 5.32 Å². The highest BCUT2D eigenvalue weighted by molar-refractivity contribution is 5.90. The van der Waals surface area contributed by atoms with Gasteiger partial charge in [-0.25, -0.2) is 0 Å². The molecule has 0 aromatic carbocycles. The molecule has 1 N–H and O–H groups in total. The van der Waals surface area contributed by atoms with E-state index in [0.717, 1.165) is 0 Å². The van der Waals surface area contributed by atoms with E-state index in [1.807, 2.05) is 20.8 Å². The SMILES string of the molecule is CCC(=O)C(C)NC(=O)C(C)(C)C. The first kappa shape index (κ1) is 12.1. The summed E-state index contributed by atoms with van der Waals surface area (Å²) < 4.78 is 0. The van der Waals surface area contributed by atoms with Gasteiger partial charge in [0.25, 0.3) is 0 Å². The van der Waals surface area contributed by atoms with E-state index in [9.17, 15) is 9.59 Å². The predicted octanol–water partition coefficient (Wildman–Crippen LogP) is 1.52. The minimum atomic E-state index is -0.428. The van der Waals surface area contributed by atoms with Crippen molar-refractivity contribution < 1.29 is 9.59 Å². The summed E-state index contributed by atoms with van der Waals surface area (Å²) in [7, 11) is 0. The van der Waals surface area contributed by atoms with Gasteiger partial charge in [0, 0.05) is 11.8 Å². The first-order valence-electron chi connectivity index (χ1n) is 4.62. The number of rotatable bonds is 3. The maximum atomic E-state index is 11.4. The van der Waals surface area contributed by atoms with E-state index in [4.69, 9.17) is 0 Å². The second-order valence-corrected chi connectivity index (χ2v) is 4.27. The van der Waals surface area contributed by atoms with Crippen molar-refractivity contribution in [1.29, 1.82) is 0 Å². The third-order valence-corrected chi connectivity index (χ3v) is 1.86. The summed E-state index contributed by atoms with van der Waals surface area (Å²) in [5, 5.41) is 2.68. The van der Waals surface area contributed by atoms with Crippen LogP contribution in [-0.2, 0) is 9.59 Å². The average Bonchev–Trinajstić information content (AvgIpc) is 2.01. The Hall–Kier alpha value is -0.860. The number of Topliss-reactive ketones (excluding diaryl/α,β-unsaturated/α-hetero) is 1. The Morgan fingerprint density at radius 1 is 1.31 bits per heavy atom. The van der Waals surface area contributed by atoms with E-state index in [-0.39, 0.29) is 17.7 Å². The van der Waals surface area contributed by atoms with Crippen molar-refractivity contribution in [1.82, 2.24) is 5.32 Å². The van der Waals surface area contributed by atoms with Gasteiger partial charge in [0.05, 0.1) is 6.04 Å². The number of nitrogens with one attached hydrogen (secondary N) is 1. The summed E-state index contributed by atoms with van der Waals surface area (Å²) in [4.78, 5) is 22.6. The molecule has 76 valence electrons. The van der Waals surface area contributed by atoms with Gasteiger partial charge in [0.1, 0.15) is 0 Å². The Balaban J connectivity index is 4.15. The van der Waals surface area contributed by atoms with E-state index in [0.29, 0.717) is 6.42 Å². The second-order valence-electron chi connectivity index (χ2n) is 4.27. The zero-order valence-corrected chi connectivity index (χ0v) is 9.10. The maximum Gasteiger partial charge on any atom is 0.225 e. The van der Waals surface area contributed by atoms with Gasteiger partial charge in [0.15, 0.2) is 5.78 Å².